The normalized spacial score (nSPS) is 9.57. The van der Waals surface area contributed by atoms with E-state index >= 15 is 0 Å². The fourth-order valence-corrected chi connectivity index (χ4v) is 1.19. The van der Waals surface area contributed by atoms with E-state index in [1.807, 2.05) is 0 Å². The van der Waals surface area contributed by atoms with Crippen molar-refractivity contribution >= 4 is 11.6 Å². The molecule has 1 amide bonds. The molecule has 0 spiro atoms. The fourth-order valence-electron chi connectivity index (χ4n) is 1.19. The molecule has 0 fully saturated rings. The highest BCUT2D eigenvalue weighted by molar-refractivity contribution is 5.97. The van der Waals surface area contributed by atoms with Gasteiger partial charge in [0.25, 0.3) is 5.91 Å². The molecule has 4 N–H and O–H groups in total. The number of primary amides is 1. The van der Waals surface area contributed by atoms with Crippen LogP contribution < -0.4 is 20.9 Å². The number of ether oxygens (including phenoxy) is 2. The van der Waals surface area contributed by atoms with Gasteiger partial charge in [0.2, 0.25) is 0 Å². The summed E-state index contributed by atoms with van der Waals surface area (Å²) in [6.07, 6.45) is 0. The number of hydrogen-bond donors (Lipinski definition) is 2. The summed E-state index contributed by atoms with van der Waals surface area (Å²) in [6, 6.07) is 3.04. The van der Waals surface area contributed by atoms with Gasteiger partial charge in [0, 0.05) is 0 Å². The molecule has 0 radical (unpaired) electrons. The maximum Gasteiger partial charge on any atom is 0.252 e. The van der Waals surface area contributed by atoms with E-state index in [1.54, 1.807) is 6.07 Å². The van der Waals surface area contributed by atoms with Crippen LogP contribution in [0, 0.1) is 0 Å². The quantitative estimate of drug-likeness (QED) is 0.684. The predicted molar refractivity (Wildman–Crippen MR) is 52.5 cm³/mol. The Labute approximate surface area is 81.6 Å². The van der Waals surface area contributed by atoms with Crippen LogP contribution in [0.25, 0.3) is 0 Å². The lowest BCUT2D eigenvalue weighted by Crippen LogP contribution is -2.13. The lowest BCUT2D eigenvalue weighted by Gasteiger charge is -2.12. The van der Waals surface area contributed by atoms with Crippen molar-refractivity contribution < 1.29 is 14.3 Å². The molecule has 0 heterocycles. The molecule has 0 aliphatic carbocycles. The molecule has 0 saturated carbocycles. The Kier molecular flexibility index (Phi) is 2.81. The van der Waals surface area contributed by atoms with Gasteiger partial charge in [-0.05, 0) is 12.1 Å². The largest absolute Gasteiger partial charge is 0.492 e. The van der Waals surface area contributed by atoms with E-state index in [0.29, 0.717) is 11.4 Å². The standard InChI is InChI=1S/C9H12N2O3/c1-13-7-5(9(11)12)3-4-6(10)8(7)14-2/h3-4H,10H2,1-2H3,(H2,11,12). The number of anilines is 1. The van der Waals surface area contributed by atoms with Gasteiger partial charge in [-0.1, -0.05) is 0 Å². The van der Waals surface area contributed by atoms with Crippen LogP contribution >= 0.6 is 0 Å². The zero-order valence-electron chi connectivity index (χ0n) is 8.03. The number of carbonyl (C=O) groups excluding carboxylic acids is 1. The third-order valence-electron chi connectivity index (χ3n) is 1.82. The average Bonchev–Trinajstić information content (AvgIpc) is 2.16. The maximum absolute atomic E-state index is 11.0. The Morgan fingerprint density at radius 2 is 1.79 bits per heavy atom. The average molecular weight is 196 g/mol. The molecule has 0 aliphatic heterocycles. The van der Waals surface area contributed by atoms with Crippen molar-refractivity contribution in [3.8, 4) is 11.5 Å². The molecule has 0 atom stereocenters. The summed E-state index contributed by atoms with van der Waals surface area (Å²) in [5.41, 5.74) is 11.4. The number of nitrogen functional groups attached to an aromatic ring is 1. The molecule has 14 heavy (non-hydrogen) atoms. The van der Waals surface area contributed by atoms with Crippen LogP contribution in [-0.2, 0) is 0 Å². The third-order valence-corrected chi connectivity index (χ3v) is 1.82. The molecule has 5 nitrogen and oxygen atoms in total. The molecule has 0 aromatic heterocycles. The first kappa shape index (κ1) is 10.2. The minimum atomic E-state index is -0.583. The number of rotatable bonds is 3. The first-order valence-corrected chi connectivity index (χ1v) is 3.92. The lowest BCUT2D eigenvalue weighted by molar-refractivity contribution is 0.0997. The minimum absolute atomic E-state index is 0.249. The van der Waals surface area contributed by atoms with Gasteiger partial charge < -0.3 is 20.9 Å². The van der Waals surface area contributed by atoms with Gasteiger partial charge in [-0.15, -0.1) is 0 Å². The van der Waals surface area contributed by atoms with Gasteiger partial charge >= 0.3 is 0 Å². The zero-order valence-corrected chi connectivity index (χ0v) is 8.03. The molecule has 5 heteroatoms. The second kappa shape index (κ2) is 3.87. The van der Waals surface area contributed by atoms with E-state index in [9.17, 15) is 4.79 Å². The van der Waals surface area contributed by atoms with Gasteiger partial charge in [-0.3, -0.25) is 4.79 Å². The van der Waals surface area contributed by atoms with Crippen molar-refractivity contribution in [2.45, 2.75) is 0 Å². The Balaban J connectivity index is 3.40. The second-order valence-electron chi connectivity index (χ2n) is 2.63. The van der Waals surface area contributed by atoms with Gasteiger partial charge in [-0.25, -0.2) is 0 Å². The number of carbonyl (C=O) groups is 1. The van der Waals surface area contributed by atoms with E-state index in [1.165, 1.54) is 20.3 Å². The summed E-state index contributed by atoms with van der Waals surface area (Å²) < 4.78 is 10.0. The molecule has 0 bridgehead atoms. The van der Waals surface area contributed by atoms with Crippen LogP contribution in [-0.4, -0.2) is 20.1 Å². The number of benzene rings is 1. The maximum atomic E-state index is 11.0. The Morgan fingerprint density at radius 1 is 1.21 bits per heavy atom. The highest BCUT2D eigenvalue weighted by Gasteiger charge is 2.16. The SMILES string of the molecule is COc1c(N)ccc(C(N)=O)c1OC. The Hall–Kier alpha value is -1.91. The molecule has 1 aromatic carbocycles. The summed E-state index contributed by atoms with van der Waals surface area (Å²) in [7, 11) is 2.86. The second-order valence-corrected chi connectivity index (χ2v) is 2.63. The van der Waals surface area contributed by atoms with Gasteiger partial charge in [0.15, 0.2) is 11.5 Å². The Bertz CT molecular complexity index is 363. The highest BCUT2D eigenvalue weighted by atomic mass is 16.5. The van der Waals surface area contributed by atoms with Crippen LogP contribution in [0.15, 0.2) is 12.1 Å². The molecule has 0 aliphatic rings. The van der Waals surface area contributed by atoms with E-state index in [0.717, 1.165) is 0 Å². The van der Waals surface area contributed by atoms with Crippen LogP contribution in [0.3, 0.4) is 0 Å². The number of hydrogen-bond acceptors (Lipinski definition) is 4. The van der Waals surface area contributed by atoms with E-state index in [2.05, 4.69) is 0 Å². The zero-order chi connectivity index (χ0) is 10.7. The van der Waals surface area contributed by atoms with Crippen molar-refractivity contribution in [1.29, 1.82) is 0 Å². The first-order valence-electron chi connectivity index (χ1n) is 3.92. The van der Waals surface area contributed by atoms with Crippen molar-refractivity contribution in [3.05, 3.63) is 17.7 Å². The topological polar surface area (TPSA) is 87.6 Å². The van der Waals surface area contributed by atoms with E-state index in [-0.39, 0.29) is 11.3 Å². The minimum Gasteiger partial charge on any atom is -0.492 e. The molecule has 1 rings (SSSR count). The lowest BCUT2D eigenvalue weighted by atomic mass is 10.1. The monoisotopic (exact) mass is 196 g/mol. The summed E-state index contributed by atoms with van der Waals surface area (Å²) >= 11 is 0. The molecular formula is C9H12N2O3. The summed E-state index contributed by atoms with van der Waals surface area (Å²) in [6.45, 7) is 0. The van der Waals surface area contributed by atoms with Crippen LogP contribution in [0.1, 0.15) is 10.4 Å². The van der Waals surface area contributed by atoms with Gasteiger partial charge in [-0.2, -0.15) is 0 Å². The van der Waals surface area contributed by atoms with E-state index < -0.39 is 5.91 Å². The Morgan fingerprint density at radius 3 is 2.21 bits per heavy atom. The molecule has 1 aromatic rings. The van der Waals surface area contributed by atoms with Gasteiger partial charge in [0.1, 0.15) is 0 Å². The highest BCUT2D eigenvalue weighted by Crippen LogP contribution is 2.35. The van der Waals surface area contributed by atoms with Crippen LogP contribution in [0.5, 0.6) is 11.5 Å². The van der Waals surface area contributed by atoms with Crippen molar-refractivity contribution in [1.82, 2.24) is 0 Å². The van der Waals surface area contributed by atoms with E-state index in [4.69, 9.17) is 20.9 Å². The number of methoxy groups -OCH3 is 2. The van der Waals surface area contributed by atoms with Crippen LogP contribution in [0.2, 0.25) is 0 Å². The summed E-state index contributed by atoms with van der Waals surface area (Å²) in [4.78, 5) is 11.0. The molecular weight excluding hydrogens is 184 g/mol. The summed E-state index contributed by atoms with van der Waals surface area (Å²) in [5, 5.41) is 0. The third kappa shape index (κ3) is 1.56. The van der Waals surface area contributed by atoms with Crippen molar-refractivity contribution in [2.75, 3.05) is 20.0 Å². The van der Waals surface area contributed by atoms with Gasteiger partial charge in [0.05, 0.1) is 25.5 Å². The molecule has 0 unspecified atom stereocenters. The molecule has 76 valence electrons. The predicted octanol–water partition coefficient (Wildman–Crippen LogP) is 0.385. The van der Waals surface area contributed by atoms with Crippen molar-refractivity contribution in [2.24, 2.45) is 5.73 Å². The van der Waals surface area contributed by atoms with Crippen LogP contribution in [0.4, 0.5) is 5.69 Å². The smallest absolute Gasteiger partial charge is 0.252 e. The first-order chi connectivity index (χ1) is 6.61. The summed E-state index contributed by atoms with van der Waals surface area (Å²) in [5.74, 6) is 0.00366. The number of amides is 1. The molecule has 0 saturated heterocycles. The number of nitrogens with two attached hydrogens (primary N) is 2. The fraction of sp³-hybridized carbons (Fsp3) is 0.222. The van der Waals surface area contributed by atoms with Crippen molar-refractivity contribution in [3.63, 3.8) is 0 Å².